The fourth-order valence-electron chi connectivity index (χ4n) is 4.39. The Kier molecular flexibility index (Phi) is 6.46. The smallest absolute Gasteiger partial charge is 0.340 e. The molecule has 0 atom stereocenters. The summed E-state index contributed by atoms with van der Waals surface area (Å²) in [4.78, 5) is 40.0. The molecule has 8 nitrogen and oxygen atoms in total. The first-order valence-corrected chi connectivity index (χ1v) is 11.0. The molecule has 0 N–H and O–H groups in total. The van der Waals surface area contributed by atoms with Crippen molar-refractivity contribution in [2.45, 2.75) is 27.3 Å². The second kappa shape index (κ2) is 9.50. The van der Waals surface area contributed by atoms with E-state index in [1.165, 1.54) is 25.4 Å². The number of ether oxygens (including phenoxy) is 2. The van der Waals surface area contributed by atoms with Gasteiger partial charge in [0.25, 0.3) is 5.91 Å². The number of aryl methyl sites for hydroxylation is 1. The summed E-state index contributed by atoms with van der Waals surface area (Å²) in [6, 6.07) is 12.6. The van der Waals surface area contributed by atoms with E-state index in [0.717, 1.165) is 17.0 Å². The fourth-order valence-corrected chi connectivity index (χ4v) is 4.39. The van der Waals surface area contributed by atoms with Gasteiger partial charge in [0.05, 0.1) is 49.4 Å². The Balaban J connectivity index is 1.82. The molecule has 3 aromatic rings. The number of furan rings is 1. The van der Waals surface area contributed by atoms with E-state index in [1.807, 2.05) is 36.6 Å². The van der Waals surface area contributed by atoms with E-state index < -0.39 is 11.9 Å². The Labute approximate surface area is 203 Å². The number of esters is 2. The molecule has 0 saturated carbocycles. The second-order valence-electron chi connectivity index (χ2n) is 8.15. The lowest BCUT2D eigenvalue weighted by atomic mass is 10.0. The first-order valence-electron chi connectivity index (χ1n) is 11.0. The fraction of sp³-hybridized carbons (Fsp3) is 0.222. The maximum Gasteiger partial charge on any atom is 0.340 e. The number of allylic oxidation sites excluding steroid dienone is 1. The van der Waals surface area contributed by atoms with Gasteiger partial charge >= 0.3 is 11.9 Å². The maximum atomic E-state index is 13.4. The molecular weight excluding hydrogens is 448 g/mol. The number of carbonyl (C=O) groups is 3. The number of amides is 1. The minimum Gasteiger partial charge on any atom is -0.467 e. The van der Waals surface area contributed by atoms with Crippen LogP contribution in [0, 0.1) is 13.8 Å². The van der Waals surface area contributed by atoms with Crippen LogP contribution < -0.4 is 0 Å². The van der Waals surface area contributed by atoms with Crippen LogP contribution in [0.2, 0.25) is 0 Å². The van der Waals surface area contributed by atoms with Crippen LogP contribution in [-0.4, -0.2) is 41.5 Å². The van der Waals surface area contributed by atoms with Crippen molar-refractivity contribution in [1.29, 1.82) is 0 Å². The van der Waals surface area contributed by atoms with E-state index in [1.54, 1.807) is 37.3 Å². The summed E-state index contributed by atoms with van der Waals surface area (Å²) in [6.45, 7) is 5.71. The Morgan fingerprint density at radius 2 is 1.71 bits per heavy atom. The van der Waals surface area contributed by atoms with Gasteiger partial charge in [0.1, 0.15) is 5.76 Å². The number of carbonyl (C=O) groups excluding carboxylic acids is 3. The Morgan fingerprint density at radius 3 is 2.37 bits per heavy atom. The minimum absolute atomic E-state index is 0.195. The first-order chi connectivity index (χ1) is 16.8. The maximum absolute atomic E-state index is 13.4. The molecule has 1 aromatic carbocycles. The van der Waals surface area contributed by atoms with E-state index in [0.29, 0.717) is 22.7 Å². The molecule has 8 heteroatoms. The van der Waals surface area contributed by atoms with E-state index in [2.05, 4.69) is 0 Å². The van der Waals surface area contributed by atoms with Crippen molar-refractivity contribution in [2.24, 2.45) is 0 Å². The predicted molar refractivity (Wildman–Crippen MR) is 129 cm³/mol. The van der Waals surface area contributed by atoms with Crippen molar-refractivity contribution >= 4 is 23.9 Å². The molecular formula is C27H26N2O6. The van der Waals surface area contributed by atoms with Crippen LogP contribution in [0.1, 0.15) is 40.0 Å². The molecule has 2 aromatic heterocycles. The lowest BCUT2D eigenvalue weighted by Crippen LogP contribution is -2.24. The highest BCUT2D eigenvalue weighted by atomic mass is 16.5. The van der Waals surface area contributed by atoms with Crippen molar-refractivity contribution in [2.75, 3.05) is 14.2 Å². The van der Waals surface area contributed by atoms with Gasteiger partial charge in [0.15, 0.2) is 0 Å². The van der Waals surface area contributed by atoms with Gasteiger partial charge in [0, 0.05) is 17.1 Å². The lowest BCUT2D eigenvalue weighted by Gasteiger charge is -2.16. The number of aromatic nitrogens is 1. The summed E-state index contributed by atoms with van der Waals surface area (Å²) in [5.41, 5.74) is 4.41. The number of benzene rings is 1. The quantitative estimate of drug-likeness (QED) is 0.390. The predicted octanol–water partition coefficient (Wildman–Crippen LogP) is 4.35. The zero-order valence-electron chi connectivity index (χ0n) is 20.2. The van der Waals surface area contributed by atoms with Gasteiger partial charge in [-0.05, 0) is 62.7 Å². The molecule has 0 radical (unpaired) electrons. The van der Waals surface area contributed by atoms with E-state index in [-0.39, 0.29) is 23.6 Å². The van der Waals surface area contributed by atoms with Gasteiger partial charge in [-0.15, -0.1) is 0 Å². The number of para-hydroxylation sites is 1. The zero-order valence-corrected chi connectivity index (χ0v) is 20.2. The summed E-state index contributed by atoms with van der Waals surface area (Å²) in [6.07, 6.45) is 3.23. The number of nitrogens with zero attached hydrogens (tertiary/aromatic N) is 2. The largest absolute Gasteiger partial charge is 0.467 e. The number of rotatable bonds is 6. The van der Waals surface area contributed by atoms with Crippen LogP contribution in [0.25, 0.3) is 11.8 Å². The van der Waals surface area contributed by atoms with Crippen molar-refractivity contribution in [1.82, 2.24) is 9.47 Å². The van der Waals surface area contributed by atoms with Gasteiger partial charge in [0.2, 0.25) is 0 Å². The third kappa shape index (κ3) is 4.19. The molecule has 0 unspecified atom stereocenters. The van der Waals surface area contributed by atoms with Crippen LogP contribution >= 0.6 is 0 Å². The summed E-state index contributed by atoms with van der Waals surface area (Å²) in [7, 11) is 2.63. The van der Waals surface area contributed by atoms with Crippen LogP contribution in [0.15, 0.2) is 70.0 Å². The average molecular weight is 475 g/mol. The Hall–Kier alpha value is -4.33. The molecule has 0 aliphatic carbocycles. The van der Waals surface area contributed by atoms with Crippen molar-refractivity contribution < 1.29 is 28.3 Å². The van der Waals surface area contributed by atoms with Gasteiger partial charge in [-0.1, -0.05) is 12.1 Å². The molecule has 4 rings (SSSR count). The third-order valence-electron chi connectivity index (χ3n) is 6.12. The molecule has 1 aliphatic rings. The van der Waals surface area contributed by atoms with E-state index in [9.17, 15) is 14.4 Å². The number of hydrogen-bond donors (Lipinski definition) is 0. The lowest BCUT2D eigenvalue weighted by molar-refractivity contribution is -0.136. The zero-order chi connectivity index (χ0) is 25.3. The van der Waals surface area contributed by atoms with Crippen LogP contribution in [0.4, 0.5) is 0 Å². The number of methoxy groups -OCH3 is 2. The normalized spacial score (nSPS) is 14.7. The Morgan fingerprint density at radius 1 is 1.00 bits per heavy atom. The van der Waals surface area contributed by atoms with Gasteiger partial charge in [-0.3, -0.25) is 4.79 Å². The second-order valence-corrected chi connectivity index (χ2v) is 8.15. The van der Waals surface area contributed by atoms with Crippen molar-refractivity contribution in [3.63, 3.8) is 0 Å². The first kappa shape index (κ1) is 23.8. The Bertz CT molecular complexity index is 1370. The molecule has 180 valence electrons. The van der Waals surface area contributed by atoms with E-state index in [4.69, 9.17) is 13.9 Å². The molecule has 1 amide bonds. The highest BCUT2D eigenvalue weighted by Gasteiger charge is 2.37. The molecule has 0 spiro atoms. The van der Waals surface area contributed by atoms with Crippen LogP contribution in [-0.2, 0) is 25.6 Å². The summed E-state index contributed by atoms with van der Waals surface area (Å²) < 4.78 is 17.3. The summed E-state index contributed by atoms with van der Waals surface area (Å²) in [5.74, 6) is -0.757. The summed E-state index contributed by atoms with van der Waals surface area (Å²) >= 11 is 0. The van der Waals surface area contributed by atoms with Gasteiger partial charge in [-0.25, -0.2) is 9.59 Å². The standard InChI is InChI=1S/C27H26N2O6/c1-16-13-19(17(2)29(16)23-11-7-6-10-21(23)26(31)33-4)14-22-24(27(32)34-5)18(3)28(25(22)30)15-20-9-8-12-35-20/h6-14H,15H2,1-5H3/b22-14+. The SMILES string of the molecule is COC(=O)C1=C(C)N(Cc2ccco2)C(=O)/C1=C/c1cc(C)n(-c2ccccc2C(=O)OC)c1C. The topological polar surface area (TPSA) is 91.0 Å². The van der Waals surface area contributed by atoms with Gasteiger partial charge in [-0.2, -0.15) is 0 Å². The number of hydrogen-bond acceptors (Lipinski definition) is 6. The molecule has 0 fully saturated rings. The van der Waals surface area contributed by atoms with Crippen LogP contribution in [0.5, 0.6) is 0 Å². The van der Waals surface area contributed by atoms with Crippen LogP contribution in [0.3, 0.4) is 0 Å². The van der Waals surface area contributed by atoms with E-state index >= 15 is 0 Å². The monoisotopic (exact) mass is 474 g/mol. The molecule has 0 bridgehead atoms. The summed E-state index contributed by atoms with van der Waals surface area (Å²) in [5, 5.41) is 0. The van der Waals surface area contributed by atoms with Crippen molar-refractivity contribution in [3.05, 3.63) is 93.8 Å². The average Bonchev–Trinajstić information content (AvgIpc) is 3.53. The minimum atomic E-state index is -0.589. The molecule has 0 saturated heterocycles. The molecule has 1 aliphatic heterocycles. The van der Waals surface area contributed by atoms with Crippen molar-refractivity contribution in [3.8, 4) is 5.69 Å². The highest BCUT2D eigenvalue weighted by molar-refractivity contribution is 6.16. The molecule has 35 heavy (non-hydrogen) atoms. The highest BCUT2D eigenvalue weighted by Crippen LogP contribution is 2.34. The molecule has 3 heterocycles. The van der Waals surface area contributed by atoms with Gasteiger partial charge < -0.3 is 23.4 Å². The third-order valence-corrected chi connectivity index (χ3v) is 6.12.